The minimum atomic E-state index is -3.32. The van der Waals surface area contributed by atoms with Crippen LogP contribution in [0.4, 0.5) is 0 Å². The number of benzene rings is 2. The van der Waals surface area contributed by atoms with Crippen LogP contribution in [0.3, 0.4) is 0 Å². The van der Waals surface area contributed by atoms with Crippen molar-refractivity contribution < 1.29 is 17.9 Å². The number of ketones is 1. The molecule has 0 saturated heterocycles. The van der Waals surface area contributed by atoms with E-state index in [0.717, 1.165) is 6.26 Å². The van der Waals surface area contributed by atoms with Crippen LogP contribution >= 0.6 is 23.2 Å². The molecule has 0 bridgehead atoms. The summed E-state index contributed by atoms with van der Waals surface area (Å²) in [6.07, 6.45) is 1.14. The van der Waals surface area contributed by atoms with Crippen LogP contribution in [-0.4, -0.2) is 26.1 Å². The highest BCUT2D eigenvalue weighted by Gasteiger charge is 2.43. The van der Waals surface area contributed by atoms with E-state index < -0.39 is 15.4 Å². The predicted molar refractivity (Wildman–Crippen MR) is 103 cm³/mol. The van der Waals surface area contributed by atoms with Crippen LogP contribution in [0.15, 0.2) is 47.4 Å². The Bertz CT molecular complexity index is 1040. The summed E-state index contributed by atoms with van der Waals surface area (Å²) in [5.74, 6) is 0.132. The van der Waals surface area contributed by atoms with Crippen molar-refractivity contribution in [3.05, 3.63) is 63.6 Å². The molecule has 0 aliphatic carbocycles. The number of halogens is 2. The highest BCUT2D eigenvalue weighted by Crippen LogP contribution is 2.44. The van der Waals surface area contributed by atoms with Crippen molar-refractivity contribution >= 4 is 50.2 Å². The molecule has 0 fully saturated rings. The summed E-state index contributed by atoms with van der Waals surface area (Å²) in [4.78, 5) is 13.1. The summed E-state index contributed by atoms with van der Waals surface area (Å²) in [6.45, 7) is 3.34. The molecule has 0 saturated carbocycles. The molecular weight excluding hydrogens is 395 g/mol. The third kappa shape index (κ3) is 3.27. The third-order valence-electron chi connectivity index (χ3n) is 4.12. The Hall–Kier alpha value is -1.82. The molecule has 1 aliphatic heterocycles. The fourth-order valence-electron chi connectivity index (χ4n) is 2.75. The molecule has 0 spiro atoms. The first-order valence-electron chi connectivity index (χ1n) is 7.75. The lowest BCUT2D eigenvalue weighted by Gasteiger charge is -2.18. The quantitative estimate of drug-likeness (QED) is 0.738. The summed E-state index contributed by atoms with van der Waals surface area (Å²) in [6, 6.07) is 11.2. The molecule has 0 atom stereocenters. The summed E-state index contributed by atoms with van der Waals surface area (Å²) in [5, 5.41) is 0.602. The first-order chi connectivity index (χ1) is 12.0. The fourth-order valence-corrected chi connectivity index (χ4v) is 3.78. The largest absolute Gasteiger partial charge is 0.478 e. The van der Waals surface area contributed by atoms with E-state index in [2.05, 4.69) is 0 Å². The van der Waals surface area contributed by atoms with E-state index in [1.807, 2.05) is 0 Å². The van der Waals surface area contributed by atoms with Crippen LogP contribution in [-0.2, 0) is 19.4 Å². The van der Waals surface area contributed by atoms with Gasteiger partial charge in [-0.15, -0.1) is 0 Å². The molecule has 4 nitrogen and oxygen atoms in total. The maximum absolute atomic E-state index is 12.9. The molecule has 2 aromatic carbocycles. The van der Waals surface area contributed by atoms with Gasteiger partial charge in [-0.25, -0.2) is 8.42 Å². The number of Topliss-reactive ketones (excluding diaryl/α,β-unsaturated/α-hetero) is 1. The zero-order valence-corrected chi connectivity index (χ0v) is 16.7. The Kier molecular flexibility index (Phi) is 4.67. The molecule has 1 aliphatic rings. The molecule has 0 radical (unpaired) electrons. The molecular formula is C19H16Cl2O4S. The topological polar surface area (TPSA) is 60.4 Å². The summed E-state index contributed by atoms with van der Waals surface area (Å²) < 4.78 is 29.2. The van der Waals surface area contributed by atoms with E-state index in [9.17, 15) is 13.2 Å². The van der Waals surface area contributed by atoms with E-state index in [1.54, 1.807) is 44.2 Å². The van der Waals surface area contributed by atoms with Crippen molar-refractivity contribution in [2.75, 3.05) is 6.26 Å². The van der Waals surface area contributed by atoms with Gasteiger partial charge in [-0.05, 0) is 44.2 Å². The van der Waals surface area contributed by atoms with E-state index in [-0.39, 0.29) is 15.7 Å². The predicted octanol–water partition coefficient (Wildman–Crippen LogP) is 4.64. The first-order valence-corrected chi connectivity index (χ1v) is 10.4. The zero-order valence-electron chi connectivity index (χ0n) is 14.3. The van der Waals surface area contributed by atoms with Crippen LogP contribution < -0.4 is 0 Å². The highest BCUT2D eigenvalue weighted by atomic mass is 35.5. The minimum absolute atomic E-state index is 0.188. The van der Waals surface area contributed by atoms with Crippen molar-refractivity contribution in [1.29, 1.82) is 0 Å². The van der Waals surface area contributed by atoms with E-state index in [1.165, 1.54) is 12.1 Å². The van der Waals surface area contributed by atoms with Crippen molar-refractivity contribution in [1.82, 2.24) is 0 Å². The Labute approximate surface area is 162 Å². The minimum Gasteiger partial charge on any atom is -0.478 e. The number of sulfone groups is 1. The highest BCUT2D eigenvalue weighted by molar-refractivity contribution is 7.90. The number of hydrogen-bond acceptors (Lipinski definition) is 4. The molecule has 1 heterocycles. The van der Waals surface area contributed by atoms with Gasteiger partial charge in [0.1, 0.15) is 5.76 Å². The van der Waals surface area contributed by atoms with Crippen LogP contribution in [0, 0.1) is 0 Å². The van der Waals surface area contributed by atoms with Crippen molar-refractivity contribution in [3.63, 3.8) is 0 Å². The van der Waals surface area contributed by atoms with Crippen molar-refractivity contribution in [2.24, 2.45) is 0 Å². The second-order valence-electron chi connectivity index (χ2n) is 6.54. The van der Waals surface area contributed by atoms with Crippen molar-refractivity contribution in [2.45, 2.75) is 24.3 Å². The van der Waals surface area contributed by atoms with Gasteiger partial charge < -0.3 is 4.74 Å². The third-order valence-corrected chi connectivity index (χ3v) is 6.07. The molecule has 26 heavy (non-hydrogen) atoms. The van der Waals surface area contributed by atoms with Gasteiger partial charge in [-0.2, -0.15) is 0 Å². The first kappa shape index (κ1) is 19.0. The molecule has 7 heteroatoms. The second-order valence-corrected chi connectivity index (χ2v) is 9.34. The second kappa shape index (κ2) is 6.41. The maximum atomic E-state index is 12.9. The van der Waals surface area contributed by atoms with Gasteiger partial charge in [-0.1, -0.05) is 35.3 Å². The van der Waals surface area contributed by atoms with Gasteiger partial charge in [0.2, 0.25) is 5.78 Å². The van der Waals surface area contributed by atoms with Crippen LogP contribution in [0.2, 0.25) is 10.0 Å². The average Bonchev–Trinajstić information content (AvgIpc) is 2.80. The van der Waals surface area contributed by atoms with Crippen molar-refractivity contribution in [3.8, 4) is 0 Å². The van der Waals surface area contributed by atoms with Crippen LogP contribution in [0.1, 0.15) is 25.0 Å². The molecule has 3 rings (SSSR count). The van der Waals surface area contributed by atoms with Gasteiger partial charge in [0.15, 0.2) is 15.4 Å². The molecule has 0 amide bonds. The molecule has 0 N–H and O–H groups in total. The van der Waals surface area contributed by atoms with Gasteiger partial charge in [0.05, 0.1) is 20.5 Å². The molecule has 136 valence electrons. The van der Waals surface area contributed by atoms with Crippen LogP contribution in [0.25, 0.3) is 11.3 Å². The van der Waals surface area contributed by atoms with Gasteiger partial charge in [0.25, 0.3) is 0 Å². The summed E-state index contributed by atoms with van der Waals surface area (Å²) in [7, 11) is -3.32. The van der Waals surface area contributed by atoms with E-state index in [4.69, 9.17) is 27.9 Å². The molecule has 2 aromatic rings. The Morgan fingerprint density at radius 3 is 2.19 bits per heavy atom. The SMILES string of the molecule is CC1(C)OC(c2ccc(S(C)(=O)=O)cc2)=C(c2cccc(Cl)c2Cl)C1=O. The lowest BCUT2D eigenvalue weighted by Crippen LogP contribution is -2.29. The summed E-state index contributed by atoms with van der Waals surface area (Å²) in [5.41, 5.74) is 0.333. The Balaban J connectivity index is 2.22. The van der Waals surface area contributed by atoms with Gasteiger partial charge >= 0.3 is 0 Å². The van der Waals surface area contributed by atoms with Gasteiger partial charge in [-0.3, -0.25) is 4.79 Å². The zero-order chi connectivity index (χ0) is 19.3. The monoisotopic (exact) mass is 410 g/mol. The normalized spacial score (nSPS) is 16.7. The lowest BCUT2D eigenvalue weighted by atomic mass is 9.92. The number of rotatable bonds is 3. The standard InChI is InChI=1S/C19H16Cl2O4S/c1-19(2)18(22)15(13-5-4-6-14(20)16(13)21)17(25-19)11-7-9-12(10-8-11)26(3,23)24/h4-10H,1-3H3. The smallest absolute Gasteiger partial charge is 0.210 e. The van der Waals surface area contributed by atoms with Gasteiger partial charge in [0, 0.05) is 17.4 Å². The van der Waals surface area contributed by atoms with E-state index in [0.29, 0.717) is 27.5 Å². The summed E-state index contributed by atoms with van der Waals surface area (Å²) >= 11 is 12.4. The van der Waals surface area contributed by atoms with E-state index >= 15 is 0 Å². The average molecular weight is 411 g/mol. The molecule has 0 unspecified atom stereocenters. The van der Waals surface area contributed by atoms with Crippen LogP contribution in [0.5, 0.6) is 0 Å². The fraction of sp³-hybridized carbons (Fsp3) is 0.211. The molecule has 0 aromatic heterocycles. The lowest BCUT2D eigenvalue weighted by molar-refractivity contribution is -0.125. The Morgan fingerprint density at radius 1 is 1.00 bits per heavy atom. The Morgan fingerprint density at radius 2 is 1.62 bits per heavy atom. The number of hydrogen-bond donors (Lipinski definition) is 0. The number of carbonyl (C=O) groups excluding carboxylic acids is 1. The maximum Gasteiger partial charge on any atom is 0.210 e. The number of carbonyl (C=O) groups is 1. The number of ether oxygens (including phenoxy) is 1.